The third-order valence-electron chi connectivity index (χ3n) is 8.03. The van der Waals surface area contributed by atoms with E-state index >= 15 is 4.57 Å². The molecule has 0 radical (unpaired) electrons. The first-order chi connectivity index (χ1) is 19.2. The Balaban J connectivity index is 1.50. The maximum atomic E-state index is 15.3. The summed E-state index contributed by atoms with van der Waals surface area (Å²) in [6, 6.07) is 50.1. The van der Waals surface area contributed by atoms with Crippen molar-refractivity contribution in [2.24, 2.45) is 0 Å². The van der Waals surface area contributed by atoms with Gasteiger partial charge in [-0.15, -0.1) is 0 Å². The lowest BCUT2D eigenvalue weighted by Crippen LogP contribution is -2.25. The molecule has 0 bridgehead atoms. The van der Waals surface area contributed by atoms with Gasteiger partial charge in [-0.2, -0.15) is 0 Å². The van der Waals surface area contributed by atoms with Gasteiger partial charge in [-0.25, -0.2) is 0 Å². The molecule has 2 heterocycles. The zero-order chi connectivity index (χ0) is 26.0. The summed E-state index contributed by atoms with van der Waals surface area (Å²) < 4.78 is 17.7. The summed E-state index contributed by atoms with van der Waals surface area (Å²) in [6.45, 7) is 0. The van der Waals surface area contributed by atoms with Crippen molar-refractivity contribution in [1.29, 1.82) is 0 Å². The Labute approximate surface area is 227 Å². The van der Waals surface area contributed by atoms with Gasteiger partial charge in [-0.1, -0.05) is 121 Å². The highest BCUT2D eigenvalue weighted by Crippen LogP contribution is 2.48. The molecule has 0 saturated carbocycles. The van der Waals surface area contributed by atoms with E-state index in [-0.39, 0.29) is 0 Å². The monoisotopic (exact) mass is 517 g/mol. The molecule has 8 rings (SSSR count). The highest BCUT2D eigenvalue weighted by molar-refractivity contribution is 7.85. The molecular weight excluding hydrogens is 493 g/mol. The zero-order valence-electron chi connectivity index (χ0n) is 21.2. The fourth-order valence-electron chi connectivity index (χ4n) is 6.29. The smallest absolute Gasteiger partial charge is 0.171 e. The predicted molar refractivity (Wildman–Crippen MR) is 165 cm³/mol. The van der Waals surface area contributed by atoms with Crippen LogP contribution < -0.4 is 15.9 Å². The number of nitrogens with zero attached hydrogens (tertiary/aromatic N) is 1. The second-order valence-electron chi connectivity index (χ2n) is 10.1. The molecule has 7 aromatic rings. The van der Waals surface area contributed by atoms with Crippen molar-refractivity contribution in [3.63, 3.8) is 0 Å². The van der Waals surface area contributed by atoms with E-state index in [0.717, 1.165) is 32.7 Å². The quantitative estimate of drug-likeness (QED) is 0.217. The van der Waals surface area contributed by atoms with E-state index in [1.807, 2.05) is 60.7 Å². The van der Waals surface area contributed by atoms with Gasteiger partial charge in [0.2, 0.25) is 0 Å². The number of fused-ring (bicyclic) bond motifs is 8. The van der Waals surface area contributed by atoms with E-state index in [4.69, 9.17) is 0 Å². The number of aromatic nitrogens is 1. The first-order valence-electron chi connectivity index (χ1n) is 13.2. The van der Waals surface area contributed by atoms with Crippen molar-refractivity contribution in [1.82, 2.24) is 4.57 Å². The van der Waals surface area contributed by atoms with E-state index in [9.17, 15) is 0 Å². The maximum Gasteiger partial charge on any atom is 0.171 e. The van der Waals surface area contributed by atoms with Gasteiger partial charge in [0, 0.05) is 37.8 Å². The third kappa shape index (κ3) is 3.13. The van der Waals surface area contributed by atoms with Crippen LogP contribution in [-0.2, 0) is 4.57 Å². The summed E-state index contributed by atoms with van der Waals surface area (Å²) in [5, 5.41) is 5.01. The van der Waals surface area contributed by atoms with Crippen LogP contribution in [0.5, 0.6) is 0 Å². The molecule has 1 aliphatic rings. The number of hydrogen-bond donors (Lipinski definition) is 0. The first-order valence-corrected chi connectivity index (χ1v) is 14.9. The van der Waals surface area contributed by atoms with Crippen LogP contribution in [0.4, 0.5) is 0 Å². The molecule has 184 valence electrons. The van der Waals surface area contributed by atoms with Gasteiger partial charge in [0.25, 0.3) is 0 Å². The Morgan fingerprint density at radius 2 is 1.00 bits per heavy atom. The van der Waals surface area contributed by atoms with Gasteiger partial charge in [0.1, 0.15) is 0 Å². The minimum absolute atomic E-state index is 0.840. The minimum atomic E-state index is -3.12. The molecule has 39 heavy (non-hydrogen) atoms. The lowest BCUT2D eigenvalue weighted by Gasteiger charge is -2.22. The van der Waals surface area contributed by atoms with Crippen LogP contribution in [-0.4, -0.2) is 4.57 Å². The molecule has 0 fully saturated rings. The standard InChI is InChI=1S/C36H24NOP/c38-39(25-12-3-1-4-13-25,26-14-5-2-6-15-26)27-22-23-35-33(24-27)29-17-8-7-16-28(29)31-19-11-20-32-30-18-9-10-21-34(30)37(35)36(31)32/h1-24H. The van der Waals surface area contributed by atoms with Crippen LogP contribution in [0.25, 0.3) is 49.7 Å². The average molecular weight is 518 g/mol. The lowest BCUT2D eigenvalue weighted by atomic mass is 9.94. The summed E-state index contributed by atoms with van der Waals surface area (Å²) in [5.74, 6) is 0. The molecule has 0 saturated heterocycles. The zero-order valence-corrected chi connectivity index (χ0v) is 22.1. The molecule has 3 heteroatoms. The van der Waals surface area contributed by atoms with Gasteiger partial charge in [0.15, 0.2) is 7.14 Å². The minimum Gasteiger partial charge on any atom is -0.309 e. The lowest BCUT2D eigenvalue weighted by molar-refractivity contribution is 0.592. The summed E-state index contributed by atoms with van der Waals surface area (Å²) in [7, 11) is -3.12. The van der Waals surface area contributed by atoms with Crippen molar-refractivity contribution in [3.05, 3.63) is 146 Å². The molecule has 1 aromatic heterocycles. The molecule has 0 unspecified atom stereocenters. The van der Waals surface area contributed by atoms with Crippen molar-refractivity contribution in [2.45, 2.75) is 0 Å². The second-order valence-corrected chi connectivity index (χ2v) is 12.8. The largest absolute Gasteiger partial charge is 0.309 e. The molecule has 0 aliphatic carbocycles. The molecule has 0 atom stereocenters. The Hall–Kier alpha value is -4.65. The SMILES string of the molecule is O=P(c1ccccc1)(c1ccccc1)c1ccc2c(c1)-c1ccccc1-c1cccc3c4ccccc4n-2c13. The van der Waals surface area contributed by atoms with E-state index in [2.05, 4.69) is 89.5 Å². The van der Waals surface area contributed by atoms with E-state index in [1.165, 1.54) is 32.9 Å². The predicted octanol–water partition coefficient (Wildman–Crippen LogP) is 8.07. The Morgan fingerprint density at radius 3 is 1.72 bits per heavy atom. The van der Waals surface area contributed by atoms with E-state index in [1.54, 1.807) is 0 Å². The van der Waals surface area contributed by atoms with Crippen LogP contribution >= 0.6 is 7.14 Å². The normalized spacial score (nSPS) is 12.2. The highest BCUT2D eigenvalue weighted by Gasteiger charge is 2.32. The van der Waals surface area contributed by atoms with Crippen molar-refractivity contribution >= 4 is 44.9 Å². The Kier molecular flexibility index (Phi) is 4.83. The van der Waals surface area contributed by atoms with Crippen molar-refractivity contribution < 1.29 is 4.57 Å². The van der Waals surface area contributed by atoms with Gasteiger partial charge in [0.05, 0.1) is 16.7 Å². The number of hydrogen-bond acceptors (Lipinski definition) is 1. The van der Waals surface area contributed by atoms with Crippen LogP contribution in [0.3, 0.4) is 0 Å². The van der Waals surface area contributed by atoms with Crippen LogP contribution in [0.1, 0.15) is 0 Å². The summed E-state index contributed by atoms with van der Waals surface area (Å²) >= 11 is 0. The molecular formula is C36H24NOP. The molecule has 6 aromatic carbocycles. The molecule has 0 amide bonds. The molecule has 0 N–H and O–H groups in total. The average Bonchev–Trinajstić information content (AvgIpc) is 3.29. The topological polar surface area (TPSA) is 22.0 Å². The molecule has 0 spiro atoms. The third-order valence-corrected chi connectivity index (χ3v) is 11.1. The second kappa shape index (κ2) is 8.43. The fraction of sp³-hybridized carbons (Fsp3) is 0. The summed E-state index contributed by atoms with van der Waals surface area (Å²) in [5.41, 5.74) is 8.15. The van der Waals surface area contributed by atoms with E-state index < -0.39 is 7.14 Å². The highest BCUT2D eigenvalue weighted by atomic mass is 31.2. The van der Waals surface area contributed by atoms with Gasteiger partial charge in [-0.05, 0) is 35.4 Å². The Morgan fingerprint density at radius 1 is 0.436 bits per heavy atom. The van der Waals surface area contributed by atoms with Crippen LogP contribution in [0, 0.1) is 0 Å². The van der Waals surface area contributed by atoms with Gasteiger partial charge >= 0.3 is 0 Å². The first kappa shape index (κ1) is 22.3. The van der Waals surface area contributed by atoms with Gasteiger partial charge in [-0.3, -0.25) is 0 Å². The number of para-hydroxylation sites is 2. The maximum absolute atomic E-state index is 15.3. The molecule has 2 nitrogen and oxygen atoms in total. The Bertz CT molecular complexity index is 2050. The van der Waals surface area contributed by atoms with Crippen molar-refractivity contribution in [2.75, 3.05) is 0 Å². The van der Waals surface area contributed by atoms with Crippen LogP contribution in [0.2, 0.25) is 0 Å². The summed E-state index contributed by atoms with van der Waals surface area (Å²) in [6.07, 6.45) is 0. The summed E-state index contributed by atoms with van der Waals surface area (Å²) in [4.78, 5) is 0. The van der Waals surface area contributed by atoms with Crippen molar-refractivity contribution in [3.8, 4) is 27.9 Å². The van der Waals surface area contributed by atoms with Crippen LogP contribution in [0.15, 0.2) is 146 Å². The number of rotatable bonds is 3. The fourth-order valence-corrected chi connectivity index (χ4v) is 8.97. The van der Waals surface area contributed by atoms with E-state index in [0.29, 0.717) is 0 Å². The van der Waals surface area contributed by atoms with Gasteiger partial charge < -0.3 is 9.13 Å². The molecule has 1 aliphatic heterocycles. The number of benzene rings is 6.